The van der Waals surface area contributed by atoms with Crippen LogP contribution in [0.2, 0.25) is 0 Å². The number of rotatable bonds is 12. The summed E-state index contributed by atoms with van der Waals surface area (Å²) in [6.07, 6.45) is -1.15. The van der Waals surface area contributed by atoms with Crippen molar-refractivity contribution in [3.05, 3.63) is 132 Å². The second kappa shape index (κ2) is 13.3. The Morgan fingerprint density at radius 2 is 0.975 bits per heavy atom. The number of fused-ring (bicyclic) bond motifs is 1. The molecule has 0 aliphatic rings. The summed E-state index contributed by atoms with van der Waals surface area (Å²) in [6, 6.07) is 30.4. The van der Waals surface area contributed by atoms with Crippen molar-refractivity contribution in [3.8, 4) is 11.5 Å². The molecule has 2 atom stereocenters. The zero-order chi connectivity index (χ0) is 28.5. The Hall–Kier alpha value is -4.84. The van der Waals surface area contributed by atoms with Crippen molar-refractivity contribution in [2.45, 2.75) is 26.1 Å². The average molecular weight is 537 g/mol. The van der Waals surface area contributed by atoms with Crippen LogP contribution in [0.15, 0.2) is 121 Å². The van der Waals surface area contributed by atoms with Gasteiger partial charge in [0.25, 0.3) is 0 Å². The van der Waals surface area contributed by atoms with Gasteiger partial charge in [-0.25, -0.2) is 9.59 Å². The van der Waals surface area contributed by atoms with Gasteiger partial charge in [-0.3, -0.25) is 0 Å². The molecule has 0 amide bonds. The smallest absolute Gasteiger partial charge is 0.333 e. The maximum absolute atomic E-state index is 12.2. The summed E-state index contributed by atoms with van der Waals surface area (Å²) in [4.78, 5) is 24.4. The fraction of sp³-hybridized carbons (Fsp3) is 0.176. The van der Waals surface area contributed by atoms with Crippen LogP contribution in [-0.4, -0.2) is 25.2 Å². The van der Waals surface area contributed by atoms with Gasteiger partial charge in [-0.1, -0.05) is 86.0 Å². The zero-order valence-electron chi connectivity index (χ0n) is 22.7. The normalized spacial score (nSPS) is 12.2. The molecule has 0 heterocycles. The molecule has 0 aromatic heterocycles. The van der Waals surface area contributed by atoms with Crippen molar-refractivity contribution in [1.82, 2.24) is 0 Å². The van der Waals surface area contributed by atoms with E-state index in [1.54, 1.807) is 13.8 Å². The third kappa shape index (κ3) is 7.60. The molecule has 0 spiro atoms. The molecule has 6 nitrogen and oxygen atoms in total. The van der Waals surface area contributed by atoms with E-state index < -0.39 is 24.1 Å². The van der Waals surface area contributed by atoms with Gasteiger partial charge in [-0.15, -0.1) is 0 Å². The van der Waals surface area contributed by atoms with Crippen molar-refractivity contribution in [2.24, 2.45) is 0 Å². The molecule has 0 aliphatic heterocycles. The molecular weight excluding hydrogens is 504 g/mol. The second-order valence-electron chi connectivity index (χ2n) is 9.46. The highest BCUT2D eigenvalue weighted by Gasteiger charge is 2.20. The van der Waals surface area contributed by atoms with Crippen LogP contribution in [-0.2, 0) is 19.1 Å². The standard InChI is InChI=1S/C34H32O6/c1-23(2)33(35)39-31(25-11-7-5-8-12-25)21-37-29-17-15-28-20-30(18-16-27(28)19-29)38-22-32(40-34(36)24(3)4)26-13-9-6-10-14-26/h5-20,31-32H,1,3,21-22H2,2,4H3. The first-order chi connectivity index (χ1) is 19.3. The van der Waals surface area contributed by atoms with Gasteiger partial charge < -0.3 is 18.9 Å². The van der Waals surface area contributed by atoms with E-state index in [0.29, 0.717) is 22.6 Å². The van der Waals surface area contributed by atoms with Gasteiger partial charge in [0.05, 0.1) is 0 Å². The topological polar surface area (TPSA) is 71.1 Å². The van der Waals surface area contributed by atoms with Crippen LogP contribution in [0, 0.1) is 0 Å². The SMILES string of the molecule is C=C(C)C(=O)OC(COc1ccc2cc(OCC(OC(=O)C(=C)C)c3ccccc3)ccc2c1)c1ccccc1. The number of benzene rings is 4. The Morgan fingerprint density at radius 3 is 1.32 bits per heavy atom. The summed E-state index contributed by atoms with van der Waals surface area (Å²) < 4.78 is 23.3. The fourth-order valence-corrected chi connectivity index (χ4v) is 3.92. The van der Waals surface area contributed by atoms with E-state index in [2.05, 4.69) is 13.2 Å². The Balaban J connectivity index is 1.44. The summed E-state index contributed by atoms with van der Waals surface area (Å²) in [5.74, 6) is 0.355. The maximum atomic E-state index is 12.2. The van der Waals surface area contributed by atoms with Gasteiger partial charge in [-0.2, -0.15) is 0 Å². The van der Waals surface area contributed by atoms with Crippen molar-refractivity contribution in [2.75, 3.05) is 13.2 Å². The van der Waals surface area contributed by atoms with Crippen LogP contribution >= 0.6 is 0 Å². The Labute approximate surface area is 234 Å². The molecule has 40 heavy (non-hydrogen) atoms. The molecule has 0 radical (unpaired) electrons. The summed E-state index contributed by atoms with van der Waals surface area (Å²) in [7, 11) is 0. The molecule has 0 N–H and O–H groups in total. The lowest BCUT2D eigenvalue weighted by atomic mass is 10.1. The van der Waals surface area contributed by atoms with Crippen LogP contribution in [0.4, 0.5) is 0 Å². The van der Waals surface area contributed by atoms with Crippen LogP contribution < -0.4 is 9.47 Å². The number of carbonyl (C=O) groups is 2. The van der Waals surface area contributed by atoms with Gasteiger partial charge in [0.15, 0.2) is 12.2 Å². The first kappa shape index (κ1) is 28.2. The van der Waals surface area contributed by atoms with E-state index >= 15 is 0 Å². The van der Waals surface area contributed by atoms with Crippen molar-refractivity contribution in [3.63, 3.8) is 0 Å². The highest BCUT2D eigenvalue weighted by atomic mass is 16.6. The Bertz CT molecular complexity index is 1380. The second-order valence-corrected chi connectivity index (χ2v) is 9.46. The summed E-state index contributed by atoms with van der Waals surface area (Å²) in [6.45, 7) is 10.9. The van der Waals surface area contributed by atoms with E-state index in [-0.39, 0.29) is 13.2 Å². The minimum absolute atomic E-state index is 0.152. The third-order valence-corrected chi connectivity index (χ3v) is 6.12. The molecule has 6 heteroatoms. The summed E-state index contributed by atoms with van der Waals surface area (Å²) >= 11 is 0. The van der Waals surface area contributed by atoms with E-state index in [4.69, 9.17) is 18.9 Å². The first-order valence-electron chi connectivity index (χ1n) is 12.9. The molecule has 0 saturated carbocycles. The van der Waals surface area contributed by atoms with Crippen LogP contribution in [0.3, 0.4) is 0 Å². The first-order valence-corrected chi connectivity index (χ1v) is 12.9. The quantitative estimate of drug-likeness (QED) is 0.140. The predicted octanol–water partition coefficient (Wildman–Crippen LogP) is 7.32. The summed E-state index contributed by atoms with van der Waals surface area (Å²) in [5, 5.41) is 1.90. The largest absolute Gasteiger partial charge is 0.489 e. The lowest BCUT2D eigenvalue weighted by Gasteiger charge is -2.20. The summed E-state index contributed by atoms with van der Waals surface area (Å²) in [5.41, 5.74) is 2.33. The zero-order valence-corrected chi connectivity index (χ0v) is 22.7. The molecule has 4 aromatic carbocycles. The number of esters is 2. The molecule has 4 rings (SSSR count). The molecule has 0 bridgehead atoms. The number of carbonyl (C=O) groups excluding carboxylic acids is 2. The van der Waals surface area contributed by atoms with Gasteiger partial charge >= 0.3 is 11.9 Å². The van der Waals surface area contributed by atoms with Crippen molar-refractivity contribution >= 4 is 22.7 Å². The molecule has 0 aliphatic carbocycles. The molecular formula is C34H32O6. The van der Waals surface area contributed by atoms with Crippen LogP contribution in [0.5, 0.6) is 11.5 Å². The molecule has 0 saturated heterocycles. The van der Waals surface area contributed by atoms with Gasteiger partial charge in [0, 0.05) is 11.1 Å². The van der Waals surface area contributed by atoms with Crippen LogP contribution in [0.25, 0.3) is 10.8 Å². The van der Waals surface area contributed by atoms with E-state index in [9.17, 15) is 9.59 Å². The van der Waals surface area contributed by atoms with E-state index in [1.807, 2.05) is 97.1 Å². The molecule has 0 fully saturated rings. The highest BCUT2D eigenvalue weighted by molar-refractivity contribution is 5.87. The van der Waals surface area contributed by atoms with Gasteiger partial charge in [-0.05, 0) is 60.0 Å². The number of hydrogen-bond acceptors (Lipinski definition) is 6. The maximum Gasteiger partial charge on any atom is 0.333 e. The number of hydrogen-bond donors (Lipinski definition) is 0. The van der Waals surface area contributed by atoms with Gasteiger partial charge in [0.1, 0.15) is 24.7 Å². The molecule has 4 aromatic rings. The van der Waals surface area contributed by atoms with E-state index in [1.165, 1.54) is 0 Å². The predicted molar refractivity (Wildman–Crippen MR) is 155 cm³/mol. The third-order valence-electron chi connectivity index (χ3n) is 6.12. The molecule has 2 unspecified atom stereocenters. The highest BCUT2D eigenvalue weighted by Crippen LogP contribution is 2.28. The molecule has 204 valence electrons. The van der Waals surface area contributed by atoms with Crippen LogP contribution in [0.1, 0.15) is 37.2 Å². The Kier molecular flexibility index (Phi) is 9.36. The van der Waals surface area contributed by atoms with E-state index in [0.717, 1.165) is 21.9 Å². The average Bonchev–Trinajstić information content (AvgIpc) is 2.97. The van der Waals surface area contributed by atoms with Crippen molar-refractivity contribution in [1.29, 1.82) is 0 Å². The van der Waals surface area contributed by atoms with Crippen molar-refractivity contribution < 1.29 is 28.5 Å². The lowest BCUT2D eigenvalue weighted by Crippen LogP contribution is -2.18. The lowest BCUT2D eigenvalue weighted by molar-refractivity contribution is -0.147. The monoisotopic (exact) mass is 536 g/mol. The minimum Gasteiger partial charge on any atom is -0.489 e. The Morgan fingerprint density at radius 1 is 0.600 bits per heavy atom. The number of ether oxygens (including phenoxy) is 4. The van der Waals surface area contributed by atoms with Gasteiger partial charge in [0.2, 0.25) is 0 Å². The fourth-order valence-electron chi connectivity index (χ4n) is 3.92. The minimum atomic E-state index is -0.576.